The van der Waals surface area contributed by atoms with Gasteiger partial charge in [0, 0.05) is 63.0 Å². The fourth-order valence-corrected chi connectivity index (χ4v) is 3.21. The molecule has 2 amide bonds. The van der Waals surface area contributed by atoms with Gasteiger partial charge in [0.15, 0.2) is 0 Å². The number of hydrogen-bond acceptors (Lipinski definition) is 7. The number of aromatic nitrogens is 3. The quantitative estimate of drug-likeness (QED) is 0.741. The number of hydrogen-bond donors (Lipinski definition) is 1. The van der Waals surface area contributed by atoms with Crippen molar-refractivity contribution in [1.29, 1.82) is 0 Å². The van der Waals surface area contributed by atoms with Gasteiger partial charge in [0.25, 0.3) is 0 Å². The molecule has 2 fully saturated rings. The number of rotatable bonds is 7. The summed E-state index contributed by atoms with van der Waals surface area (Å²) in [6, 6.07) is 4.01. The van der Waals surface area contributed by atoms with Crippen LogP contribution in [0.15, 0.2) is 29.0 Å². The molecule has 4 rings (SSSR count). The predicted octanol–water partition coefficient (Wildman–Crippen LogP) is 0.487. The van der Waals surface area contributed by atoms with E-state index in [1.165, 1.54) is 0 Å². The number of carbonyl (C=O) groups excluding carboxylic acids is 2. The maximum atomic E-state index is 12.5. The Morgan fingerprint density at radius 1 is 1.14 bits per heavy atom. The maximum absolute atomic E-state index is 12.5. The molecule has 0 radical (unpaired) electrons. The first-order valence-electron chi connectivity index (χ1n) is 9.70. The minimum absolute atomic E-state index is 0.0748. The van der Waals surface area contributed by atoms with E-state index in [1.807, 2.05) is 17.0 Å². The van der Waals surface area contributed by atoms with Crippen LogP contribution in [-0.2, 0) is 16.0 Å². The Balaban J connectivity index is 1.19. The summed E-state index contributed by atoms with van der Waals surface area (Å²) in [5.41, 5.74) is 0.832. The minimum Gasteiger partial charge on any atom is -0.352 e. The molecule has 1 aliphatic carbocycles. The van der Waals surface area contributed by atoms with Crippen molar-refractivity contribution in [2.75, 3.05) is 32.7 Å². The highest BCUT2D eigenvalue weighted by molar-refractivity contribution is 5.79. The van der Waals surface area contributed by atoms with Crippen LogP contribution in [0.4, 0.5) is 0 Å². The van der Waals surface area contributed by atoms with Crippen molar-refractivity contribution in [3.05, 3.63) is 30.4 Å². The van der Waals surface area contributed by atoms with Crippen LogP contribution >= 0.6 is 0 Å². The number of amides is 2. The Bertz CT molecular complexity index is 812. The van der Waals surface area contributed by atoms with Gasteiger partial charge < -0.3 is 14.7 Å². The number of nitrogens with one attached hydrogen (secondary N) is 1. The number of pyridine rings is 1. The molecule has 28 heavy (non-hydrogen) atoms. The highest BCUT2D eigenvalue weighted by Gasteiger charge is 2.26. The summed E-state index contributed by atoms with van der Waals surface area (Å²) in [4.78, 5) is 36.6. The van der Waals surface area contributed by atoms with Crippen LogP contribution in [0.25, 0.3) is 11.4 Å². The van der Waals surface area contributed by atoms with Gasteiger partial charge in [-0.05, 0) is 25.0 Å². The zero-order chi connectivity index (χ0) is 19.3. The fourth-order valence-electron chi connectivity index (χ4n) is 3.21. The molecule has 1 saturated carbocycles. The molecule has 1 aliphatic heterocycles. The van der Waals surface area contributed by atoms with E-state index in [9.17, 15) is 9.59 Å². The van der Waals surface area contributed by atoms with Crippen molar-refractivity contribution < 1.29 is 14.1 Å². The van der Waals surface area contributed by atoms with Crippen LogP contribution in [-0.4, -0.2) is 75.5 Å². The standard InChI is InChI=1S/C19H24N6O3/c26-16(21-15-1-2-15)13-24-9-11-25(12-10-24)18(27)4-3-17-22-19(23-28-17)14-5-7-20-8-6-14/h5-8,15H,1-4,9-13H2,(H,21,26). The van der Waals surface area contributed by atoms with Gasteiger partial charge in [-0.2, -0.15) is 4.98 Å². The van der Waals surface area contributed by atoms with E-state index in [4.69, 9.17) is 4.52 Å². The Morgan fingerprint density at radius 3 is 2.61 bits per heavy atom. The van der Waals surface area contributed by atoms with E-state index in [2.05, 4.69) is 25.3 Å². The monoisotopic (exact) mass is 384 g/mol. The third-order valence-corrected chi connectivity index (χ3v) is 4.99. The summed E-state index contributed by atoms with van der Waals surface area (Å²) in [5.74, 6) is 1.12. The lowest BCUT2D eigenvalue weighted by molar-refractivity contribution is -0.133. The molecule has 0 bridgehead atoms. The van der Waals surface area contributed by atoms with Crippen LogP contribution in [0, 0.1) is 0 Å². The second kappa shape index (κ2) is 8.47. The van der Waals surface area contributed by atoms with E-state index in [-0.39, 0.29) is 11.8 Å². The molecular formula is C19H24N6O3. The van der Waals surface area contributed by atoms with Crippen molar-refractivity contribution in [3.63, 3.8) is 0 Å². The zero-order valence-electron chi connectivity index (χ0n) is 15.7. The minimum atomic E-state index is 0.0748. The first-order valence-corrected chi connectivity index (χ1v) is 9.70. The highest BCUT2D eigenvalue weighted by Crippen LogP contribution is 2.18. The molecule has 2 aromatic heterocycles. The molecule has 0 atom stereocenters. The van der Waals surface area contributed by atoms with Gasteiger partial charge in [0.05, 0.1) is 6.54 Å². The Hall–Kier alpha value is -2.81. The van der Waals surface area contributed by atoms with Gasteiger partial charge in [0.2, 0.25) is 23.5 Å². The normalized spacial score (nSPS) is 17.5. The molecule has 1 saturated heterocycles. The summed E-state index contributed by atoms with van der Waals surface area (Å²) >= 11 is 0. The summed E-state index contributed by atoms with van der Waals surface area (Å²) in [6.07, 6.45) is 6.28. The number of nitrogens with zero attached hydrogens (tertiary/aromatic N) is 5. The number of carbonyl (C=O) groups is 2. The van der Waals surface area contributed by atoms with Crippen LogP contribution in [0.2, 0.25) is 0 Å². The first-order chi connectivity index (χ1) is 13.7. The number of aryl methyl sites for hydroxylation is 1. The summed E-state index contributed by atoms with van der Waals surface area (Å²) in [7, 11) is 0. The lowest BCUT2D eigenvalue weighted by Crippen LogP contribution is -2.51. The van der Waals surface area contributed by atoms with E-state index < -0.39 is 0 Å². The molecule has 0 aromatic carbocycles. The summed E-state index contributed by atoms with van der Waals surface area (Å²) < 4.78 is 5.25. The first kappa shape index (κ1) is 18.5. The van der Waals surface area contributed by atoms with Crippen molar-refractivity contribution >= 4 is 11.8 Å². The van der Waals surface area contributed by atoms with Crippen LogP contribution in [0.1, 0.15) is 25.2 Å². The van der Waals surface area contributed by atoms with Crippen molar-refractivity contribution in [2.24, 2.45) is 0 Å². The zero-order valence-corrected chi connectivity index (χ0v) is 15.7. The van der Waals surface area contributed by atoms with Crippen molar-refractivity contribution in [2.45, 2.75) is 31.7 Å². The Labute approximate surface area is 163 Å². The molecule has 1 N–H and O–H groups in total. The average Bonchev–Trinajstić information content (AvgIpc) is 3.40. The molecule has 9 nitrogen and oxygen atoms in total. The third-order valence-electron chi connectivity index (χ3n) is 4.99. The lowest BCUT2D eigenvalue weighted by Gasteiger charge is -2.34. The predicted molar refractivity (Wildman–Crippen MR) is 100 cm³/mol. The Kier molecular flexibility index (Phi) is 5.61. The van der Waals surface area contributed by atoms with E-state index >= 15 is 0 Å². The molecule has 2 aromatic rings. The van der Waals surface area contributed by atoms with Gasteiger partial charge in [-0.25, -0.2) is 0 Å². The van der Waals surface area contributed by atoms with Crippen LogP contribution in [0.3, 0.4) is 0 Å². The smallest absolute Gasteiger partial charge is 0.234 e. The van der Waals surface area contributed by atoms with Crippen LogP contribution in [0.5, 0.6) is 0 Å². The SMILES string of the molecule is O=C(CN1CCN(C(=O)CCc2nc(-c3ccncc3)no2)CC1)NC1CC1. The van der Waals surface area contributed by atoms with E-state index in [0.717, 1.165) is 31.5 Å². The van der Waals surface area contributed by atoms with Gasteiger partial charge >= 0.3 is 0 Å². The van der Waals surface area contributed by atoms with Gasteiger partial charge in [-0.15, -0.1) is 0 Å². The third kappa shape index (κ3) is 4.92. The second-order valence-corrected chi connectivity index (χ2v) is 7.25. The van der Waals surface area contributed by atoms with Gasteiger partial charge in [0.1, 0.15) is 0 Å². The van der Waals surface area contributed by atoms with Gasteiger partial charge in [-0.3, -0.25) is 19.5 Å². The molecule has 2 aliphatic rings. The molecular weight excluding hydrogens is 360 g/mol. The Morgan fingerprint density at radius 2 is 1.89 bits per heavy atom. The fraction of sp³-hybridized carbons (Fsp3) is 0.526. The lowest BCUT2D eigenvalue weighted by atomic mass is 10.2. The largest absolute Gasteiger partial charge is 0.352 e. The molecule has 9 heteroatoms. The van der Waals surface area contributed by atoms with Crippen molar-refractivity contribution in [1.82, 2.24) is 30.2 Å². The maximum Gasteiger partial charge on any atom is 0.234 e. The molecule has 0 spiro atoms. The van der Waals surface area contributed by atoms with E-state index in [1.54, 1.807) is 12.4 Å². The highest BCUT2D eigenvalue weighted by atomic mass is 16.5. The molecule has 148 valence electrons. The molecule has 3 heterocycles. The second-order valence-electron chi connectivity index (χ2n) is 7.25. The summed E-state index contributed by atoms with van der Waals surface area (Å²) in [6.45, 7) is 3.13. The van der Waals surface area contributed by atoms with Crippen LogP contribution < -0.4 is 5.32 Å². The average molecular weight is 384 g/mol. The molecule has 0 unspecified atom stereocenters. The summed E-state index contributed by atoms with van der Waals surface area (Å²) in [5, 5.41) is 6.96. The van der Waals surface area contributed by atoms with E-state index in [0.29, 0.717) is 50.2 Å². The van der Waals surface area contributed by atoms with Crippen molar-refractivity contribution in [3.8, 4) is 11.4 Å². The topological polar surface area (TPSA) is 104 Å². The van der Waals surface area contributed by atoms with Gasteiger partial charge in [-0.1, -0.05) is 5.16 Å². The number of piperazine rings is 1.